The number of unbranched alkanes of at least 4 members (excludes halogenated alkanes) is 45. The summed E-state index contributed by atoms with van der Waals surface area (Å²) in [6.07, 6.45) is 54.7. The molecule has 0 radical (unpaired) electrons. The van der Waals surface area contributed by atoms with Gasteiger partial charge in [0, 0.05) is 25.7 Å². The molecule has 0 rings (SSSR count). The van der Waals surface area contributed by atoms with E-state index in [2.05, 4.69) is 34.6 Å². The predicted octanol–water partition coefficient (Wildman–Crippen LogP) is 21.3. The summed E-state index contributed by atoms with van der Waals surface area (Å²) in [5.41, 5.74) is 0. The molecule has 0 aromatic carbocycles. The summed E-state index contributed by atoms with van der Waals surface area (Å²) < 4.78 is 68.1. The Morgan fingerprint density at radius 3 is 0.739 bits per heavy atom. The van der Waals surface area contributed by atoms with E-state index in [-0.39, 0.29) is 25.7 Å². The molecular weight excluding hydrogens is 1210 g/mol. The summed E-state index contributed by atoms with van der Waals surface area (Å²) in [7, 11) is -9.89. The summed E-state index contributed by atoms with van der Waals surface area (Å²) in [5, 5.41) is 10.6. The first-order valence-electron chi connectivity index (χ1n) is 38.1. The van der Waals surface area contributed by atoms with Crippen LogP contribution in [0.3, 0.4) is 0 Å². The molecule has 0 saturated carbocycles. The van der Waals surface area contributed by atoms with Crippen LogP contribution in [0.2, 0.25) is 0 Å². The van der Waals surface area contributed by atoms with Gasteiger partial charge in [-0.25, -0.2) is 9.13 Å². The van der Waals surface area contributed by atoms with Crippen LogP contribution >= 0.6 is 15.6 Å². The maximum Gasteiger partial charge on any atom is 0.472 e. The molecule has 0 aliphatic carbocycles. The summed E-state index contributed by atoms with van der Waals surface area (Å²) >= 11 is 0. The molecule has 17 nitrogen and oxygen atoms in total. The number of hydrogen-bond acceptors (Lipinski definition) is 15. The van der Waals surface area contributed by atoms with Crippen LogP contribution in [0.15, 0.2) is 0 Å². The Labute approximate surface area is 562 Å². The van der Waals surface area contributed by atoms with Crippen molar-refractivity contribution in [2.24, 2.45) is 5.92 Å². The van der Waals surface area contributed by atoms with Crippen molar-refractivity contribution in [2.75, 3.05) is 39.6 Å². The highest BCUT2D eigenvalue weighted by molar-refractivity contribution is 7.47. The van der Waals surface area contributed by atoms with Gasteiger partial charge in [0.25, 0.3) is 0 Å². The number of hydrogen-bond donors (Lipinski definition) is 3. The molecule has 3 N–H and O–H groups in total. The highest BCUT2D eigenvalue weighted by atomic mass is 31.2. The number of esters is 4. The average molecular weight is 1350 g/mol. The molecule has 546 valence electrons. The van der Waals surface area contributed by atoms with Crippen LogP contribution < -0.4 is 0 Å². The van der Waals surface area contributed by atoms with E-state index in [4.69, 9.17) is 37.0 Å². The maximum atomic E-state index is 13.1. The fourth-order valence-electron chi connectivity index (χ4n) is 11.2. The predicted molar refractivity (Wildman–Crippen MR) is 372 cm³/mol. The minimum absolute atomic E-state index is 0.105. The zero-order chi connectivity index (χ0) is 67.7. The van der Waals surface area contributed by atoms with Crippen LogP contribution in [0, 0.1) is 5.92 Å². The highest BCUT2D eigenvalue weighted by Gasteiger charge is 2.30. The minimum atomic E-state index is -4.95. The number of phosphoric acid groups is 2. The molecule has 0 aromatic rings. The number of aliphatic hydroxyl groups is 1. The van der Waals surface area contributed by atoms with E-state index in [1.54, 1.807) is 0 Å². The Bertz CT molecular complexity index is 1770. The van der Waals surface area contributed by atoms with Gasteiger partial charge in [-0.1, -0.05) is 330 Å². The van der Waals surface area contributed by atoms with Crippen LogP contribution in [0.25, 0.3) is 0 Å². The molecule has 0 aromatic heterocycles. The number of ether oxygens (including phenoxy) is 4. The van der Waals surface area contributed by atoms with Crippen LogP contribution in [0.5, 0.6) is 0 Å². The van der Waals surface area contributed by atoms with Gasteiger partial charge in [-0.2, -0.15) is 0 Å². The van der Waals surface area contributed by atoms with E-state index in [1.807, 2.05) is 0 Å². The lowest BCUT2D eigenvalue weighted by molar-refractivity contribution is -0.161. The summed E-state index contributed by atoms with van der Waals surface area (Å²) in [5.74, 6) is -1.32. The van der Waals surface area contributed by atoms with Crippen molar-refractivity contribution < 1.29 is 80.2 Å². The Morgan fingerprint density at radius 2 is 0.500 bits per heavy atom. The van der Waals surface area contributed by atoms with Crippen LogP contribution in [0.1, 0.15) is 381 Å². The lowest BCUT2D eigenvalue weighted by Crippen LogP contribution is -2.30. The SMILES string of the molecule is CCCCCCCCCCCCCCCCCCCCCC(=O)OC[C@H](COP(=O)(O)OC[C@@H](O)COP(=O)(O)OC[C@@H](COC(=O)CCCCCCC)OC(=O)CCCCCCCCCCC)OC(=O)CCCCCCCCCCCCCCCCCCC(C)C. The first-order chi connectivity index (χ1) is 44.5. The van der Waals surface area contributed by atoms with E-state index < -0.39 is 97.5 Å². The molecule has 0 fully saturated rings. The Hall–Kier alpha value is -1.94. The second kappa shape index (κ2) is 66.3. The summed E-state index contributed by atoms with van der Waals surface area (Å²) in [6, 6.07) is 0. The minimum Gasteiger partial charge on any atom is -0.462 e. The fourth-order valence-corrected chi connectivity index (χ4v) is 12.8. The van der Waals surface area contributed by atoms with Gasteiger partial charge in [-0.3, -0.25) is 37.3 Å². The van der Waals surface area contributed by atoms with E-state index in [1.165, 1.54) is 199 Å². The van der Waals surface area contributed by atoms with Crippen molar-refractivity contribution in [3.05, 3.63) is 0 Å². The van der Waals surface area contributed by atoms with Crippen molar-refractivity contribution in [1.29, 1.82) is 0 Å². The Morgan fingerprint density at radius 1 is 0.293 bits per heavy atom. The molecule has 0 saturated heterocycles. The molecular formula is C73H142O17P2. The van der Waals surface area contributed by atoms with Crippen molar-refractivity contribution in [3.63, 3.8) is 0 Å². The quantitative estimate of drug-likeness (QED) is 0.0222. The third-order valence-corrected chi connectivity index (χ3v) is 18.9. The smallest absolute Gasteiger partial charge is 0.462 e. The molecule has 0 aliphatic heterocycles. The first kappa shape index (κ1) is 90.1. The number of aliphatic hydroxyl groups excluding tert-OH is 1. The zero-order valence-electron chi connectivity index (χ0n) is 59.7. The molecule has 0 heterocycles. The summed E-state index contributed by atoms with van der Waals surface area (Å²) in [6.45, 7) is 7.19. The van der Waals surface area contributed by atoms with Gasteiger partial charge in [0.1, 0.15) is 19.3 Å². The second-order valence-corrected chi connectivity index (χ2v) is 29.7. The maximum absolute atomic E-state index is 13.1. The van der Waals surface area contributed by atoms with Crippen LogP contribution in [-0.2, 0) is 65.4 Å². The Kier molecular flexibility index (Phi) is 64.9. The van der Waals surface area contributed by atoms with E-state index in [0.717, 1.165) is 102 Å². The molecule has 0 spiro atoms. The van der Waals surface area contributed by atoms with Gasteiger partial charge in [-0.15, -0.1) is 0 Å². The van der Waals surface area contributed by atoms with Crippen LogP contribution in [0.4, 0.5) is 0 Å². The molecule has 19 heteroatoms. The second-order valence-electron chi connectivity index (χ2n) is 26.8. The average Bonchev–Trinajstić information content (AvgIpc) is 3.09. The number of carbonyl (C=O) groups excluding carboxylic acids is 4. The zero-order valence-corrected chi connectivity index (χ0v) is 61.5. The molecule has 5 atom stereocenters. The van der Waals surface area contributed by atoms with Gasteiger partial charge in [0.05, 0.1) is 26.4 Å². The van der Waals surface area contributed by atoms with E-state index in [0.29, 0.717) is 25.7 Å². The van der Waals surface area contributed by atoms with E-state index >= 15 is 0 Å². The lowest BCUT2D eigenvalue weighted by Gasteiger charge is -2.21. The highest BCUT2D eigenvalue weighted by Crippen LogP contribution is 2.45. The normalized spacial score (nSPS) is 14.0. The van der Waals surface area contributed by atoms with Gasteiger partial charge < -0.3 is 33.8 Å². The van der Waals surface area contributed by atoms with Gasteiger partial charge >= 0.3 is 39.5 Å². The fraction of sp³-hybridized carbons (Fsp3) is 0.945. The third-order valence-electron chi connectivity index (χ3n) is 17.0. The molecule has 2 unspecified atom stereocenters. The largest absolute Gasteiger partial charge is 0.472 e. The molecule has 0 aliphatic rings. The Balaban J connectivity index is 5.11. The third kappa shape index (κ3) is 66.7. The van der Waals surface area contributed by atoms with Crippen molar-refractivity contribution in [2.45, 2.75) is 400 Å². The first-order valence-corrected chi connectivity index (χ1v) is 41.1. The standard InChI is InChI=1S/C73H142O17P2/c1-6-9-12-15-17-19-20-21-22-23-24-25-29-32-35-39-42-47-52-57-71(76)84-63-69(90-73(78)59-54-49-44-40-36-33-30-27-26-28-31-34-38-41-46-50-55-66(4)5)65-88-92(81,82)86-61-67(74)60-85-91(79,80)87-64-68(62-83-70(75)56-51-45-14-11-8-3)89-72(77)58-53-48-43-37-18-16-13-10-7-2/h66-69,74H,6-65H2,1-5H3,(H,79,80)(H,81,82)/t67-,68+,69+/m0/s1. The molecule has 92 heavy (non-hydrogen) atoms. The lowest BCUT2D eigenvalue weighted by atomic mass is 10.0. The molecule has 0 amide bonds. The van der Waals surface area contributed by atoms with Gasteiger partial charge in [0.2, 0.25) is 0 Å². The van der Waals surface area contributed by atoms with Crippen LogP contribution in [-0.4, -0.2) is 96.7 Å². The topological polar surface area (TPSA) is 237 Å². The summed E-state index contributed by atoms with van der Waals surface area (Å²) in [4.78, 5) is 72.3. The van der Waals surface area contributed by atoms with Crippen molar-refractivity contribution in [1.82, 2.24) is 0 Å². The number of phosphoric ester groups is 2. The number of rotatable bonds is 73. The van der Waals surface area contributed by atoms with Crippen molar-refractivity contribution in [3.8, 4) is 0 Å². The van der Waals surface area contributed by atoms with E-state index in [9.17, 15) is 43.2 Å². The number of carbonyl (C=O) groups is 4. The molecule has 0 bridgehead atoms. The monoisotopic (exact) mass is 1350 g/mol. The van der Waals surface area contributed by atoms with Gasteiger partial charge in [-0.05, 0) is 31.6 Å². The van der Waals surface area contributed by atoms with Gasteiger partial charge in [0.15, 0.2) is 12.2 Å². The van der Waals surface area contributed by atoms with Crippen molar-refractivity contribution >= 4 is 39.5 Å².